The minimum Gasteiger partial charge on any atom is -0.381 e. The molecule has 0 atom stereocenters. The van der Waals surface area contributed by atoms with Crippen LogP contribution in [0.3, 0.4) is 0 Å². The normalized spacial score (nSPS) is 18.3. The van der Waals surface area contributed by atoms with Gasteiger partial charge in [-0.15, -0.1) is 0 Å². The van der Waals surface area contributed by atoms with E-state index in [1.165, 1.54) is 6.07 Å². The van der Waals surface area contributed by atoms with Gasteiger partial charge in [-0.2, -0.15) is 0 Å². The molecule has 1 aromatic carbocycles. The maximum Gasteiger partial charge on any atom is 0.310 e. The van der Waals surface area contributed by atoms with Crippen molar-refractivity contribution in [2.75, 3.05) is 18.5 Å². The molecule has 1 saturated heterocycles. The molecule has 0 unspecified atom stereocenters. The van der Waals surface area contributed by atoms with E-state index in [1.807, 2.05) is 6.92 Å². The molecule has 18 heavy (non-hydrogen) atoms. The Morgan fingerprint density at radius 1 is 1.44 bits per heavy atom. The van der Waals surface area contributed by atoms with Gasteiger partial charge in [0.2, 0.25) is 0 Å². The number of hydrogen-bond donors (Lipinski definition) is 1. The molecule has 1 aliphatic heterocycles. The van der Waals surface area contributed by atoms with Crippen LogP contribution in [0, 0.1) is 10.1 Å². The van der Waals surface area contributed by atoms with Crippen LogP contribution in [-0.2, 0) is 4.74 Å². The largest absolute Gasteiger partial charge is 0.381 e. The highest BCUT2D eigenvalue weighted by Gasteiger charge is 2.30. The second-order valence-electron chi connectivity index (χ2n) is 4.69. The Bertz CT molecular complexity index is 459. The van der Waals surface area contributed by atoms with Crippen LogP contribution in [0.2, 0.25) is 5.02 Å². The smallest absolute Gasteiger partial charge is 0.310 e. The monoisotopic (exact) mass is 270 g/mol. The molecule has 1 aromatic rings. The third-order valence-corrected chi connectivity index (χ3v) is 3.51. The zero-order chi connectivity index (χ0) is 13.2. The summed E-state index contributed by atoms with van der Waals surface area (Å²) in [6.07, 6.45) is 1.63. The first-order chi connectivity index (χ1) is 8.52. The molecule has 0 radical (unpaired) electrons. The predicted octanol–water partition coefficient (Wildman–Crippen LogP) is 3.23. The first kappa shape index (κ1) is 13.1. The summed E-state index contributed by atoms with van der Waals surface area (Å²) in [4.78, 5) is 10.6. The molecule has 2 rings (SSSR count). The number of nitro groups is 1. The van der Waals surface area contributed by atoms with Gasteiger partial charge in [0.25, 0.3) is 0 Å². The lowest BCUT2D eigenvalue weighted by Crippen LogP contribution is -2.40. The molecule has 0 aliphatic carbocycles. The van der Waals surface area contributed by atoms with E-state index in [4.69, 9.17) is 16.3 Å². The standard InChI is InChI=1S/C12H15ClN2O3/c1-12(5-7-18-8-6-12)14-10-4-2-3-9(13)11(10)15(16)17/h2-4,14H,5-8H2,1H3. The Kier molecular flexibility index (Phi) is 3.73. The number of nitrogens with one attached hydrogen (secondary N) is 1. The van der Waals surface area contributed by atoms with E-state index >= 15 is 0 Å². The van der Waals surface area contributed by atoms with Gasteiger partial charge in [-0.3, -0.25) is 10.1 Å². The zero-order valence-corrected chi connectivity index (χ0v) is 10.9. The molecule has 5 nitrogen and oxygen atoms in total. The second-order valence-corrected chi connectivity index (χ2v) is 5.10. The van der Waals surface area contributed by atoms with E-state index in [9.17, 15) is 10.1 Å². The van der Waals surface area contributed by atoms with Gasteiger partial charge >= 0.3 is 5.69 Å². The van der Waals surface area contributed by atoms with Gasteiger partial charge in [0.1, 0.15) is 10.7 Å². The highest BCUT2D eigenvalue weighted by atomic mass is 35.5. The van der Waals surface area contributed by atoms with Gasteiger partial charge in [-0.1, -0.05) is 17.7 Å². The van der Waals surface area contributed by atoms with E-state index in [0.717, 1.165) is 12.8 Å². The Labute approximate surface area is 110 Å². The van der Waals surface area contributed by atoms with Crippen molar-refractivity contribution in [2.24, 2.45) is 0 Å². The highest BCUT2D eigenvalue weighted by molar-refractivity contribution is 6.33. The van der Waals surface area contributed by atoms with E-state index < -0.39 is 4.92 Å². The average Bonchev–Trinajstić information content (AvgIpc) is 2.28. The number of para-hydroxylation sites is 1. The maximum absolute atomic E-state index is 11.0. The summed E-state index contributed by atoms with van der Waals surface area (Å²) in [7, 11) is 0. The average molecular weight is 271 g/mol. The van der Waals surface area contributed by atoms with Gasteiger partial charge in [0.15, 0.2) is 0 Å². The highest BCUT2D eigenvalue weighted by Crippen LogP contribution is 2.35. The third kappa shape index (κ3) is 2.73. The molecule has 98 valence electrons. The molecule has 0 spiro atoms. The summed E-state index contributed by atoms with van der Waals surface area (Å²) >= 11 is 5.88. The summed E-state index contributed by atoms with van der Waals surface area (Å²) in [5.74, 6) is 0. The van der Waals surface area contributed by atoms with E-state index in [1.54, 1.807) is 12.1 Å². The lowest BCUT2D eigenvalue weighted by Gasteiger charge is -2.35. The number of benzene rings is 1. The quantitative estimate of drug-likeness (QED) is 0.676. The van der Waals surface area contributed by atoms with Gasteiger partial charge in [-0.25, -0.2) is 0 Å². The molecule has 0 bridgehead atoms. The van der Waals surface area contributed by atoms with Crippen LogP contribution in [0.25, 0.3) is 0 Å². The van der Waals surface area contributed by atoms with E-state index in [0.29, 0.717) is 18.9 Å². The number of ether oxygens (including phenoxy) is 1. The minimum atomic E-state index is -0.451. The van der Waals surface area contributed by atoms with Crippen molar-refractivity contribution in [1.29, 1.82) is 0 Å². The van der Waals surface area contributed by atoms with Crippen molar-refractivity contribution >= 4 is 23.0 Å². The first-order valence-electron chi connectivity index (χ1n) is 5.81. The van der Waals surface area contributed by atoms with Crippen molar-refractivity contribution in [3.63, 3.8) is 0 Å². The van der Waals surface area contributed by atoms with Gasteiger partial charge in [0, 0.05) is 18.8 Å². The maximum atomic E-state index is 11.0. The molecular formula is C12H15ClN2O3. The molecular weight excluding hydrogens is 256 g/mol. The van der Waals surface area contributed by atoms with Gasteiger partial charge in [-0.05, 0) is 31.9 Å². The molecule has 0 aromatic heterocycles. The summed E-state index contributed by atoms with van der Waals surface area (Å²) < 4.78 is 5.30. The second kappa shape index (κ2) is 5.12. The molecule has 0 saturated carbocycles. The van der Waals surface area contributed by atoms with Crippen LogP contribution in [0.4, 0.5) is 11.4 Å². The van der Waals surface area contributed by atoms with Crippen LogP contribution in [0.5, 0.6) is 0 Å². The van der Waals surface area contributed by atoms with Crippen LogP contribution in [0.1, 0.15) is 19.8 Å². The van der Waals surface area contributed by atoms with Gasteiger partial charge < -0.3 is 10.1 Å². The predicted molar refractivity (Wildman–Crippen MR) is 70.2 cm³/mol. The summed E-state index contributed by atoms with van der Waals surface area (Å²) in [5.41, 5.74) is 0.219. The van der Waals surface area contributed by atoms with Crippen LogP contribution >= 0.6 is 11.6 Å². The summed E-state index contributed by atoms with van der Waals surface area (Å²) in [5, 5.41) is 14.4. The van der Waals surface area contributed by atoms with Crippen LogP contribution in [-0.4, -0.2) is 23.7 Å². The van der Waals surface area contributed by atoms with Gasteiger partial charge in [0.05, 0.1) is 4.92 Å². The fourth-order valence-electron chi connectivity index (χ4n) is 2.07. The molecule has 6 heteroatoms. The summed E-state index contributed by atoms with van der Waals surface area (Å²) in [6.45, 7) is 3.37. The first-order valence-corrected chi connectivity index (χ1v) is 6.18. The Hall–Kier alpha value is -1.33. The van der Waals surface area contributed by atoms with Crippen molar-refractivity contribution in [1.82, 2.24) is 0 Å². The van der Waals surface area contributed by atoms with Crippen LogP contribution in [0.15, 0.2) is 18.2 Å². The van der Waals surface area contributed by atoms with Crippen molar-refractivity contribution < 1.29 is 9.66 Å². The number of nitro benzene ring substituents is 1. The lowest BCUT2D eigenvalue weighted by molar-refractivity contribution is -0.383. The fraction of sp³-hybridized carbons (Fsp3) is 0.500. The van der Waals surface area contributed by atoms with E-state index in [2.05, 4.69) is 5.32 Å². The van der Waals surface area contributed by atoms with Crippen molar-refractivity contribution in [3.05, 3.63) is 33.3 Å². The number of anilines is 1. The molecule has 1 fully saturated rings. The third-order valence-electron chi connectivity index (χ3n) is 3.20. The number of hydrogen-bond acceptors (Lipinski definition) is 4. The van der Waals surface area contributed by atoms with E-state index in [-0.39, 0.29) is 16.2 Å². The van der Waals surface area contributed by atoms with Crippen LogP contribution < -0.4 is 5.32 Å². The lowest BCUT2D eigenvalue weighted by atomic mass is 9.92. The van der Waals surface area contributed by atoms with Crippen molar-refractivity contribution in [2.45, 2.75) is 25.3 Å². The zero-order valence-electron chi connectivity index (χ0n) is 10.1. The number of nitrogens with zero attached hydrogens (tertiary/aromatic N) is 1. The molecule has 1 N–H and O–H groups in total. The Morgan fingerprint density at radius 3 is 2.72 bits per heavy atom. The number of halogens is 1. The SMILES string of the molecule is CC1(Nc2cccc(Cl)c2[N+](=O)[O-])CCOCC1. The Morgan fingerprint density at radius 2 is 2.11 bits per heavy atom. The molecule has 1 aliphatic rings. The fourth-order valence-corrected chi connectivity index (χ4v) is 2.32. The van der Waals surface area contributed by atoms with Crippen molar-refractivity contribution in [3.8, 4) is 0 Å². The topological polar surface area (TPSA) is 64.4 Å². The minimum absolute atomic E-state index is 0.0631. The summed E-state index contributed by atoms with van der Waals surface area (Å²) in [6, 6.07) is 4.92. The Balaban J connectivity index is 2.28. The number of rotatable bonds is 3. The molecule has 1 heterocycles. The molecule has 0 amide bonds.